The summed E-state index contributed by atoms with van der Waals surface area (Å²) < 4.78 is 16.2. The summed E-state index contributed by atoms with van der Waals surface area (Å²) in [5.41, 5.74) is 9.20. The van der Waals surface area contributed by atoms with E-state index in [1.165, 1.54) is 23.5 Å². The summed E-state index contributed by atoms with van der Waals surface area (Å²) in [6.45, 7) is 1.22. The second-order valence-corrected chi connectivity index (χ2v) is 9.44. The monoisotopic (exact) mass is 459 g/mol. The maximum atomic E-state index is 14.5. The number of carbonyl (C=O) groups is 1. The fourth-order valence-corrected chi connectivity index (χ4v) is 5.47. The average molecular weight is 460 g/mol. The van der Waals surface area contributed by atoms with Crippen molar-refractivity contribution >= 4 is 28.1 Å². The Kier molecular flexibility index (Phi) is 5.44. The second-order valence-electron chi connectivity index (χ2n) is 8.39. The number of benzene rings is 2. The number of nitrogens with two attached hydrogens (primary N) is 1. The highest BCUT2D eigenvalue weighted by Gasteiger charge is 2.26. The standard InChI is InChI=1S/C25H22FN5OS/c1-30-13-18-7-5-16(10-22(18)29-30)24-20(15-4-6-17(12-27)21(26)9-15)11-23(33-24)25(32)31-8-2-3-19(28)14-31/h4-7,9-11,13,19H,2-3,8,14,28H2,1H3/t19-/m1/s1. The van der Waals surface area contributed by atoms with Crippen LogP contribution < -0.4 is 5.73 Å². The molecular weight excluding hydrogens is 437 g/mol. The molecule has 1 fully saturated rings. The van der Waals surface area contributed by atoms with Gasteiger partial charge in [-0.15, -0.1) is 11.3 Å². The lowest BCUT2D eigenvalue weighted by Crippen LogP contribution is -2.45. The zero-order valence-corrected chi connectivity index (χ0v) is 18.9. The third kappa shape index (κ3) is 4.01. The van der Waals surface area contributed by atoms with Crippen molar-refractivity contribution in [3.63, 3.8) is 0 Å². The van der Waals surface area contributed by atoms with Crippen molar-refractivity contribution < 1.29 is 9.18 Å². The van der Waals surface area contributed by atoms with Crippen molar-refractivity contribution in [2.24, 2.45) is 12.8 Å². The lowest BCUT2D eigenvalue weighted by atomic mass is 10.00. The first kappa shape index (κ1) is 21.3. The fraction of sp³-hybridized carbons (Fsp3) is 0.240. The van der Waals surface area contributed by atoms with Crippen LogP contribution in [0.15, 0.2) is 48.7 Å². The molecule has 1 saturated heterocycles. The van der Waals surface area contributed by atoms with E-state index >= 15 is 0 Å². The molecule has 166 valence electrons. The van der Waals surface area contributed by atoms with Crippen LogP contribution in [-0.4, -0.2) is 39.7 Å². The number of amides is 1. The summed E-state index contributed by atoms with van der Waals surface area (Å²) >= 11 is 1.39. The van der Waals surface area contributed by atoms with Gasteiger partial charge in [-0.1, -0.05) is 18.2 Å². The number of piperidine rings is 1. The van der Waals surface area contributed by atoms with E-state index in [1.807, 2.05) is 43.6 Å². The molecule has 33 heavy (non-hydrogen) atoms. The van der Waals surface area contributed by atoms with Gasteiger partial charge in [-0.2, -0.15) is 10.4 Å². The minimum Gasteiger partial charge on any atom is -0.336 e. The number of nitriles is 1. The predicted octanol–water partition coefficient (Wildman–Crippen LogP) is 4.54. The lowest BCUT2D eigenvalue weighted by molar-refractivity contribution is 0.0714. The molecule has 8 heteroatoms. The molecule has 0 spiro atoms. The molecule has 1 amide bonds. The zero-order chi connectivity index (χ0) is 23.1. The second kappa shape index (κ2) is 8.43. The zero-order valence-electron chi connectivity index (χ0n) is 18.1. The van der Waals surface area contributed by atoms with Gasteiger partial charge in [0.1, 0.15) is 11.9 Å². The third-order valence-corrected chi connectivity index (χ3v) is 7.14. The first-order valence-corrected chi connectivity index (χ1v) is 11.6. The molecule has 0 unspecified atom stereocenters. The van der Waals surface area contributed by atoms with Gasteiger partial charge in [0.15, 0.2) is 0 Å². The molecule has 0 aliphatic carbocycles. The highest BCUT2D eigenvalue weighted by Crippen LogP contribution is 2.41. The predicted molar refractivity (Wildman–Crippen MR) is 127 cm³/mol. The van der Waals surface area contributed by atoms with Gasteiger partial charge in [0.25, 0.3) is 5.91 Å². The molecule has 2 aromatic carbocycles. The van der Waals surface area contributed by atoms with Gasteiger partial charge >= 0.3 is 0 Å². The molecular formula is C25H22FN5OS. The van der Waals surface area contributed by atoms with E-state index in [-0.39, 0.29) is 17.5 Å². The van der Waals surface area contributed by atoms with Crippen molar-refractivity contribution in [3.05, 3.63) is 64.9 Å². The topological polar surface area (TPSA) is 87.9 Å². The van der Waals surface area contributed by atoms with E-state index in [9.17, 15) is 9.18 Å². The summed E-state index contributed by atoms with van der Waals surface area (Å²) in [6, 6.07) is 14.2. The van der Waals surface area contributed by atoms with Crippen molar-refractivity contribution in [2.45, 2.75) is 18.9 Å². The molecule has 2 aromatic heterocycles. The van der Waals surface area contributed by atoms with Gasteiger partial charge in [0, 0.05) is 48.2 Å². The third-order valence-electron chi connectivity index (χ3n) is 5.97. The highest BCUT2D eigenvalue weighted by atomic mass is 32.1. The van der Waals surface area contributed by atoms with E-state index in [0.29, 0.717) is 23.5 Å². The fourth-order valence-electron chi connectivity index (χ4n) is 4.33. The van der Waals surface area contributed by atoms with Crippen LogP contribution in [0.3, 0.4) is 0 Å². The lowest BCUT2D eigenvalue weighted by Gasteiger charge is -2.30. The minimum absolute atomic E-state index is 0.0101. The van der Waals surface area contributed by atoms with Crippen molar-refractivity contribution in [1.82, 2.24) is 14.7 Å². The number of rotatable bonds is 3. The van der Waals surface area contributed by atoms with Crippen LogP contribution in [0.1, 0.15) is 28.1 Å². The normalized spacial score (nSPS) is 16.2. The van der Waals surface area contributed by atoms with E-state index in [2.05, 4.69) is 5.10 Å². The largest absolute Gasteiger partial charge is 0.336 e. The number of hydrogen-bond donors (Lipinski definition) is 1. The van der Waals surface area contributed by atoms with Crippen molar-refractivity contribution in [2.75, 3.05) is 13.1 Å². The van der Waals surface area contributed by atoms with E-state index in [4.69, 9.17) is 11.0 Å². The van der Waals surface area contributed by atoms with E-state index in [0.717, 1.165) is 39.7 Å². The van der Waals surface area contributed by atoms with Crippen LogP contribution >= 0.6 is 11.3 Å². The number of halogens is 1. The molecule has 1 atom stereocenters. The molecule has 4 aromatic rings. The number of aryl methyl sites for hydroxylation is 1. The molecule has 0 radical (unpaired) electrons. The Morgan fingerprint density at radius 3 is 2.82 bits per heavy atom. The number of fused-ring (bicyclic) bond motifs is 1. The Labute approximate surface area is 194 Å². The summed E-state index contributed by atoms with van der Waals surface area (Å²) in [5, 5.41) is 14.6. The van der Waals surface area contributed by atoms with E-state index < -0.39 is 5.82 Å². The Morgan fingerprint density at radius 1 is 1.24 bits per heavy atom. The average Bonchev–Trinajstić information content (AvgIpc) is 3.41. The molecule has 1 aliphatic rings. The maximum absolute atomic E-state index is 14.5. The first-order valence-electron chi connectivity index (χ1n) is 10.8. The van der Waals surface area contributed by atoms with Crippen LogP contribution in [0.5, 0.6) is 0 Å². The van der Waals surface area contributed by atoms with Crippen LogP contribution in [0.4, 0.5) is 4.39 Å². The van der Waals surface area contributed by atoms with Crippen LogP contribution in [-0.2, 0) is 7.05 Å². The summed E-state index contributed by atoms with van der Waals surface area (Å²) in [7, 11) is 1.87. The van der Waals surface area contributed by atoms with Gasteiger partial charge in [-0.3, -0.25) is 9.48 Å². The Bertz CT molecular complexity index is 1420. The maximum Gasteiger partial charge on any atom is 0.264 e. The number of nitrogens with zero attached hydrogens (tertiary/aromatic N) is 4. The first-order chi connectivity index (χ1) is 15.9. The number of aromatic nitrogens is 2. The molecule has 0 saturated carbocycles. The summed E-state index contributed by atoms with van der Waals surface area (Å²) in [4.78, 5) is 16.5. The van der Waals surface area contributed by atoms with Gasteiger partial charge in [0.05, 0.1) is 16.0 Å². The number of likely N-dealkylation sites (tertiary alicyclic amines) is 1. The van der Waals surface area contributed by atoms with Gasteiger partial charge in [-0.05, 0) is 48.2 Å². The van der Waals surface area contributed by atoms with Crippen molar-refractivity contribution in [3.8, 4) is 27.6 Å². The van der Waals surface area contributed by atoms with Crippen LogP contribution in [0.25, 0.3) is 32.5 Å². The van der Waals surface area contributed by atoms with Crippen molar-refractivity contribution in [1.29, 1.82) is 5.26 Å². The Balaban J connectivity index is 1.63. The highest BCUT2D eigenvalue weighted by molar-refractivity contribution is 7.18. The SMILES string of the molecule is Cn1cc2ccc(-c3sc(C(=O)N4CCC[C@@H](N)C4)cc3-c3ccc(C#N)c(F)c3)cc2n1. The molecule has 0 bridgehead atoms. The molecule has 2 N–H and O–H groups in total. The minimum atomic E-state index is -0.581. The van der Waals surface area contributed by atoms with Crippen LogP contribution in [0, 0.1) is 17.1 Å². The van der Waals surface area contributed by atoms with Gasteiger partial charge < -0.3 is 10.6 Å². The summed E-state index contributed by atoms with van der Waals surface area (Å²) in [5.74, 6) is -0.641. The summed E-state index contributed by atoms with van der Waals surface area (Å²) in [6.07, 6.45) is 3.74. The molecule has 1 aliphatic heterocycles. The Morgan fingerprint density at radius 2 is 2.06 bits per heavy atom. The molecule has 6 nitrogen and oxygen atoms in total. The number of hydrogen-bond acceptors (Lipinski definition) is 5. The van der Waals surface area contributed by atoms with Gasteiger partial charge in [0.2, 0.25) is 0 Å². The van der Waals surface area contributed by atoms with Crippen LogP contribution in [0.2, 0.25) is 0 Å². The number of carbonyl (C=O) groups excluding carboxylic acids is 1. The van der Waals surface area contributed by atoms with E-state index in [1.54, 1.807) is 15.6 Å². The molecule has 5 rings (SSSR count). The Hall–Kier alpha value is -3.54. The smallest absolute Gasteiger partial charge is 0.264 e. The number of thiophene rings is 1. The van der Waals surface area contributed by atoms with Gasteiger partial charge in [-0.25, -0.2) is 4.39 Å². The molecule has 3 heterocycles. The quantitative estimate of drug-likeness (QED) is 0.487.